The fraction of sp³-hybridized carbons (Fsp3) is 0.447. The van der Waals surface area contributed by atoms with E-state index in [1.54, 1.807) is 59.6 Å². The van der Waals surface area contributed by atoms with Crippen molar-refractivity contribution in [1.82, 2.24) is 14.8 Å². The Morgan fingerprint density at radius 2 is 1.51 bits per heavy atom. The van der Waals surface area contributed by atoms with Crippen LogP contribution in [0, 0.1) is 0 Å². The molecule has 2 atom stereocenters. The Bertz CT molecular complexity index is 1670. The smallest absolute Gasteiger partial charge is 0.414 e. The second-order valence-corrected chi connectivity index (χ2v) is 14.4. The van der Waals surface area contributed by atoms with E-state index in [1.807, 2.05) is 66.7 Å². The summed E-state index contributed by atoms with van der Waals surface area (Å²) in [4.78, 5) is 60.3. The summed E-state index contributed by atoms with van der Waals surface area (Å²) < 4.78 is 16.7. The van der Waals surface area contributed by atoms with Gasteiger partial charge in [0.2, 0.25) is 0 Å². The Labute approximate surface area is 299 Å². The van der Waals surface area contributed by atoms with E-state index < -0.39 is 47.5 Å². The summed E-state index contributed by atoms with van der Waals surface area (Å²) in [5, 5.41) is 13.2. The number of hydrogen-bond acceptors (Lipinski definition) is 9. The summed E-state index contributed by atoms with van der Waals surface area (Å²) in [6.45, 7) is 11.5. The number of nitrogens with one attached hydrogen (secondary N) is 1. The number of carbonyl (C=O) groups is 4. The molecule has 0 saturated carbocycles. The maximum Gasteiger partial charge on any atom is 0.414 e. The number of aliphatic carboxylic acids is 1. The zero-order chi connectivity index (χ0) is 37.3. The van der Waals surface area contributed by atoms with Crippen molar-refractivity contribution in [3.8, 4) is 11.3 Å². The largest absolute Gasteiger partial charge is 0.480 e. The summed E-state index contributed by atoms with van der Waals surface area (Å²) in [5.74, 6) is -0.648. The number of benzene rings is 2. The SMILES string of the molecule is CN(CCCN(C(=O)OC(C)(C)C)c1ccccc1-c1cccc(N[C@H]2C[C@@H](C(=O)O)N(C(=O)OCc3ccccc3)C2)n1)C(=O)OC(C)(C)C. The zero-order valence-electron chi connectivity index (χ0n) is 30.4. The van der Waals surface area contributed by atoms with Crippen molar-refractivity contribution in [2.75, 3.05) is 36.9 Å². The monoisotopic (exact) mass is 703 g/mol. The van der Waals surface area contributed by atoms with E-state index >= 15 is 0 Å². The van der Waals surface area contributed by atoms with Crippen LogP contribution in [0.3, 0.4) is 0 Å². The molecule has 1 aliphatic rings. The quantitative estimate of drug-likeness (QED) is 0.199. The molecular formula is C38H49N5O8. The predicted octanol–water partition coefficient (Wildman–Crippen LogP) is 7.02. The van der Waals surface area contributed by atoms with Gasteiger partial charge in [0.05, 0.1) is 11.4 Å². The van der Waals surface area contributed by atoms with E-state index in [0.29, 0.717) is 35.7 Å². The number of rotatable bonds is 11. The number of carboxylic acids is 1. The van der Waals surface area contributed by atoms with Crippen molar-refractivity contribution in [1.29, 1.82) is 0 Å². The Morgan fingerprint density at radius 3 is 2.18 bits per heavy atom. The van der Waals surface area contributed by atoms with Gasteiger partial charge in [-0.1, -0.05) is 54.6 Å². The van der Waals surface area contributed by atoms with Gasteiger partial charge in [-0.15, -0.1) is 0 Å². The van der Waals surface area contributed by atoms with Crippen LogP contribution >= 0.6 is 0 Å². The maximum absolute atomic E-state index is 13.6. The number of carboxylic acid groups (broad SMARTS) is 1. The molecule has 2 N–H and O–H groups in total. The minimum Gasteiger partial charge on any atom is -0.480 e. The lowest BCUT2D eigenvalue weighted by molar-refractivity contribution is -0.141. The van der Waals surface area contributed by atoms with E-state index in [9.17, 15) is 24.3 Å². The minimum absolute atomic E-state index is 0.0321. The molecule has 13 heteroatoms. The Hall–Kier alpha value is -5.33. The minimum atomic E-state index is -1.12. The number of aromatic nitrogens is 1. The first kappa shape index (κ1) is 38.5. The number of hydrogen-bond donors (Lipinski definition) is 2. The summed E-state index contributed by atoms with van der Waals surface area (Å²) in [6.07, 6.45) is -1.11. The zero-order valence-corrected chi connectivity index (χ0v) is 30.4. The average molecular weight is 704 g/mol. The first-order valence-electron chi connectivity index (χ1n) is 17.0. The van der Waals surface area contributed by atoms with Gasteiger partial charge in [-0.05, 0) is 71.7 Å². The van der Waals surface area contributed by atoms with Crippen molar-refractivity contribution in [3.63, 3.8) is 0 Å². The van der Waals surface area contributed by atoms with Crippen molar-refractivity contribution >= 4 is 35.8 Å². The fourth-order valence-electron chi connectivity index (χ4n) is 5.50. The van der Waals surface area contributed by atoms with Gasteiger partial charge in [0.1, 0.15) is 29.7 Å². The highest BCUT2D eigenvalue weighted by Crippen LogP contribution is 2.32. The molecule has 0 bridgehead atoms. The molecule has 0 radical (unpaired) electrons. The number of likely N-dealkylation sites (tertiary alicyclic amines) is 1. The molecule has 51 heavy (non-hydrogen) atoms. The number of carbonyl (C=O) groups excluding carboxylic acids is 3. The predicted molar refractivity (Wildman–Crippen MR) is 194 cm³/mol. The molecule has 0 spiro atoms. The fourth-order valence-corrected chi connectivity index (χ4v) is 5.50. The lowest BCUT2D eigenvalue weighted by atomic mass is 10.1. The molecule has 13 nitrogen and oxygen atoms in total. The van der Waals surface area contributed by atoms with E-state index in [4.69, 9.17) is 19.2 Å². The van der Waals surface area contributed by atoms with Crippen LogP contribution in [-0.4, -0.2) is 94.1 Å². The molecule has 3 amide bonds. The number of amides is 3. The van der Waals surface area contributed by atoms with Gasteiger partial charge in [-0.3, -0.25) is 9.80 Å². The van der Waals surface area contributed by atoms with Crippen LogP contribution in [0.25, 0.3) is 11.3 Å². The summed E-state index contributed by atoms with van der Waals surface area (Å²) in [6, 6.07) is 20.4. The third-order valence-corrected chi connectivity index (χ3v) is 7.79. The summed E-state index contributed by atoms with van der Waals surface area (Å²) >= 11 is 0. The molecule has 2 aromatic carbocycles. The van der Waals surface area contributed by atoms with Crippen molar-refractivity contribution < 1.29 is 38.5 Å². The second-order valence-electron chi connectivity index (χ2n) is 14.4. The Kier molecular flexibility index (Phi) is 12.5. The van der Waals surface area contributed by atoms with Gasteiger partial charge in [-0.25, -0.2) is 24.2 Å². The van der Waals surface area contributed by atoms with E-state index in [0.717, 1.165) is 5.56 Å². The second kappa shape index (κ2) is 16.6. The van der Waals surface area contributed by atoms with Crippen LogP contribution < -0.4 is 10.2 Å². The molecule has 3 aromatic rings. The van der Waals surface area contributed by atoms with Gasteiger partial charge in [-0.2, -0.15) is 0 Å². The van der Waals surface area contributed by atoms with Gasteiger partial charge in [0.15, 0.2) is 0 Å². The van der Waals surface area contributed by atoms with Gasteiger partial charge in [0, 0.05) is 44.7 Å². The molecular weight excluding hydrogens is 654 g/mol. The standard InChI is InChI=1S/C38H49N5O8/c1-37(2,3)50-34(46)41(7)21-14-22-42(36(48)51-38(4,5)6)30-19-12-11-17-28(30)29-18-13-20-32(40-29)39-27-23-31(33(44)45)43(24-27)35(47)49-25-26-15-9-8-10-16-26/h8-13,15-20,27,31H,14,21-25H2,1-7H3,(H,39,40)(H,44,45)/t27-,31-/m0/s1. The van der Waals surface area contributed by atoms with Crippen LogP contribution in [0.2, 0.25) is 0 Å². The van der Waals surface area contributed by atoms with Crippen LogP contribution in [0.4, 0.5) is 25.9 Å². The highest BCUT2D eigenvalue weighted by atomic mass is 16.6. The molecule has 1 saturated heterocycles. The lowest BCUT2D eigenvalue weighted by Crippen LogP contribution is -2.41. The maximum atomic E-state index is 13.6. The van der Waals surface area contributed by atoms with Crippen LogP contribution in [0.1, 0.15) is 59.9 Å². The molecule has 1 fully saturated rings. The number of nitrogens with zero attached hydrogens (tertiary/aromatic N) is 4. The molecule has 1 aromatic heterocycles. The topological polar surface area (TPSA) is 151 Å². The highest BCUT2D eigenvalue weighted by Gasteiger charge is 2.41. The van der Waals surface area contributed by atoms with E-state index in [2.05, 4.69) is 5.32 Å². The average Bonchev–Trinajstić information content (AvgIpc) is 3.49. The molecule has 274 valence electrons. The van der Waals surface area contributed by atoms with Gasteiger partial charge in [0.25, 0.3) is 0 Å². The Morgan fingerprint density at radius 1 is 0.863 bits per heavy atom. The van der Waals surface area contributed by atoms with Crippen molar-refractivity contribution in [3.05, 3.63) is 78.4 Å². The van der Waals surface area contributed by atoms with E-state index in [-0.39, 0.29) is 26.1 Å². The number of para-hydroxylation sites is 1. The normalized spacial score (nSPS) is 15.9. The summed E-state index contributed by atoms with van der Waals surface area (Å²) in [7, 11) is 1.65. The molecule has 1 aliphatic heterocycles. The number of anilines is 2. The third kappa shape index (κ3) is 11.3. The Balaban J connectivity index is 1.51. The van der Waals surface area contributed by atoms with Crippen LogP contribution in [0.15, 0.2) is 72.8 Å². The van der Waals surface area contributed by atoms with Crippen molar-refractivity contribution in [2.24, 2.45) is 0 Å². The third-order valence-electron chi connectivity index (χ3n) is 7.79. The first-order valence-corrected chi connectivity index (χ1v) is 17.0. The van der Waals surface area contributed by atoms with Gasteiger partial charge >= 0.3 is 24.2 Å². The number of pyridine rings is 1. The molecule has 0 unspecified atom stereocenters. The summed E-state index contributed by atoms with van der Waals surface area (Å²) in [5.41, 5.74) is 1.20. The van der Waals surface area contributed by atoms with Gasteiger partial charge < -0.3 is 29.5 Å². The highest BCUT2D eigenvalue weighted by molar-refractivity contribution is 5.93. The van der Waals surface area contributed by atoms with Crippen molar-refractivity contribution in [2.45, 2.75) is 84.3 Å². The lowest BCUT2D eigenvalue weighted by Gasteiger charge is -2.30. The molecule has 2 heterocycles. The van der Waals surface area contributed by atoms with E-state index in [1.165, 1.54) is 9.80 Å². The molecule has 4 rings (SSSR count). The molecule has 0 aliphatic carbocycles. The first-order chi connectivity index (χ1) is 24.0. The van der Waals surface area contributed by atoms with Crippen LogP contribution in [0.5, 0.6) is 0 Å². The number of ether oxygens (including phenoxy) is 3. The van der Waals surface area contributed by atoms with Crippen LogP contribution in [-0.2, 0) is 25.6 Å².